The first-order chi connectivity index (χ1) is 62.9. The van der Waals surface area contributed by atoms with Crippen LogP contribution in [0.4, 0.5) is 32.1 Å². The summed E-state index contributed by atoms with van der Waals surface area (Å²) in [4.78, 5) is 136. The van der Waals surface area contributed by atoms with Crippen LogP contribution in [0, 0.1) is 27.7 Å². The van der Waals surface area contributed by atoms with Gasteiger partial charge >= 0.3 is 22.8 Å². The quantitative estimate of drug-likeness (QED) is 0.0209. The fourth-order valence-corrected chi connectivity index (χ4v) is 14.2. The number of nitrogens with zero attached hydrogens (tertiary/aromatic N) is 23. The first kappa shape index (κ1) is 89.5. The Balaban J connectivity index is 0.000000133. The van der Waals surface area contributed by atoms with Crippen LogP contribution in [-0.4, -0.2) is 210 Å². The Hall–Kier alpha value is -15.3. The molecule has 0 spiro atoms. The van der Waals surface area contributed by atoms with E-state index in [2.05, 4.69) is 121 Å². The Morgan fingerprint density at radius 2 is 0.669 bits per heavy atom. The van der Waals surface area contributed by atoms with Gasteiger partial charge in [-0.05, 0) is 138 Å². The van der Waals surface area contributed by atoms with Crippen LogP contribution >= 0.6 is 0 Å². The molecule has 130 heavy (non-hydrogen) atoms. The van der Waals surface area contributed by atoms with E-state index in [9.17, 15) is 28.0 Å². The lowest BCUT2D eigenvalue weighted by molar-refractivity contribution is 0.0336. The summed E-state index contributed by atoms with van der Waals surface area (Å²) in [5.41, 5.74) is 32.7. The number of hydrogen-bond donors (Lipinski definition) is 9. The van der Waals surface area contributed by atoms with Gasteiger partial charge in [0.1, 0.15) is 68.4 Å². The molecule has 0 atom stereocenters. The minimum Gasteiger partial charge on any atom is -0.437 e. The number of imidazole rings is 4. The number of pyridine rings is 8. The van der Waals surface area contributed by atoms with Crippen molar-refractivity contribution < 1.29 is 37.6 Å². The van der Waals surface area contributed by atoms with Crippen molar-refractivity contribution in [2.45, 2.75) is 112 Å². The van der Waals surface area contributed by atoms with Crippen LogP contribution in [-0.2, 0) is 56.8 Å². The molecule has 13 N–H and O–H groups in total. The highest BCUT2D eigenvalue weighted by Crippen LogP contribution is 2.28. The van der Waals surface area contributed by atoms with E-state index in [1.807, 2.05) is 54.6 Å². The van der Waals surface area contributed by atoms with Gasteiger partial charge in [0.15, 0.2) is 45.9 Å². The molecule has 0 unspecified atom stereocenters. The Kier molecular flexibility index (Phi) is 28.5. The zero-order chi connectivity index (χ0) is 90.9. The summed E-state index contributed by atoms with van der Waals surface area (Å²) in [5, 5.41) is 8.85. The third-order valence-electron chi connectivity index (χ3n) is 20.9. The van der Waals surface area contributed by atoms with Gasteiger partial charge in [0.25, 0.3) is 0 Å². The number of morpholine rings is 1. The van der Waals surface area contributed by atoms with E-state index in [-0.39, 0.29) is 72.1 Å². The SMILES string of the molecule is Cc1nc(N)c2[nH]c(=O)n(Cc3ccc(Oc4ccc(CCCC(F)F)nc4)nc3)c2n1.Cc1nc(N)c2[nH]c(=O)n(Cc3ccc(Oc4ccc(CCCCO)nc4)nc3)c2n1.Cc1nc(N)c2[nH]c(=O)n(Cc3ccc(Oc4ccc(CN5CCN(C)CC5)nc4)nc3)c2n1.Cc1nc(N)c2[nH]c(=O)n(Cc3ccc(Oc4ccc(CN5CCOCC5)nc4)nc3)c2n1. The second kappa shape index (κ2) is 41.4. The maximum absolute atomic E-state index is 12.4. The maximum atomic E-state index is 12.4. The van der Waals surface area contributed by atoms with Crippen LogP contribution in [0.3, 0.4) is 0 Å². The molecule has 18 heterocycles. The lowest BCUT2D eigenvalue weighted by atomic mass is 10.2. The molecule has 0 aromatic carbocycles. The van der Waals surface area contributed by atoms with Gasteiger partial charge in [-0.3, -0.25) is 48.0 Å². The second-order valence-electron chi connectivity index (χ2n) is 30.8. The van der Waals surface area contributed by atoms with Crippen molar-refractivity contribution in [2.24, 2.45) is 0 Å². The van der Waals surface area contributed by atoms with E-state index >= 15 is 0 Å². The fourth-order valence-electron chi connectivity index (χ4n) is 14.2. The number of fused-ring (bicyclic) bond motifs is 4. The molecule has 16 aromatic rings. The number of aliphatic hydroxyl groups is 1. The Morgan fingerprint density at radius 3 is 0.946 bits per heavy atom. The number of halogens is 2. The van der Waals surface area contributed by atoms with Gasteiger partial charge in [0.05, 0.1) is 75.6 Å². The standard InChI is InChI=1S/C23H27N9O2.C22H24N8O3.C21H21F2N7O2.C21H23N7O3/c1-15-27-21(24)20-22(28-15)32(23(33)29-20)13-16-3-6-19(26-11-16)34-18-5-4-17(25-12-18)14-31-9-7-30(2)8-10-31;1-14-26-20(23)19-21(27-14)30(22(31)28-19)12-15-2-5-18(25-10-15)33-17-4-3-16(24-11-17)13-29-6-8-32-9-7-29;1-12-27-19(24)18-20(28-12)30(21(31)29-18)11-13-5-8-17(26-9-13)32-15-7-6-14(25-10-15)3-2-4-16(22)23;1-13-25-19(22)18-20(26-13)28(21(30)27-18)12-14-5-8-17(24-10-14)31-16-7-6-15(23-11-16)4-2-3-9-29/h3-6,11-12H,7-10,13-14H2,1-2H3,(H,29,33)(H2,24,27,28);2-5,10-11H,6-9,12-13H2,1H3,(H,28,31)(H2,23,26,27);5-10,16H,2-4,11H2,1H3,(H,29,31)(H2,24,27,28);5-8,10-11,29H,2-4,9,12H2,1H3,(H,27,30)(H2,22,25,26). The van der Waals surface area contributed by atoms with E-state index in [4.69, 9.17) is 51.7 Å². The van der Waals surface area contributed by atoms with Gasteiger partial charge in [-0.15, -0.1) is 0 Å². The molecule has 2 aliphatic heterocycles. The molecule has 2 saturated heterocycles. The third kappa shape index (κ3) is 23.3. The zero-order valence-corrected chi connectivity index (χ0v) is 71.8. The molecule has 0 amide bonds. The highest BCUT2D eigenvalue weighted by atomic mass is 19.3. The van der Waals surface area contributed by atoms with Gasteiger partial charge in [0, 0.05) is 126 Å². The number of likely N-dealkylation sites (N-methyl/N-ethyl adjacent to an activating group) is 1. The minimum atomic E-state index is -2.29. The number of H-pyrrole nitrogens is 4. The summed E-state index contributed by atoms with van der Waals surface area (Å²) in [6.07, 6.45) is 14.1. The van der Waals surface area contributed by atoms with E-state index in [0.717, 1.165) is 130 Å². The Labute approximate surface area is 739 Å². The van der Waals surface area contributed by atoms with Crippen LogP contribution in [0.2, 0.25) is 0 Å². The number of nitrogens with one attached hydrogen (secondary N) is 4. The van der Waals surface area contributed by atoms with Crippen LogP contribution in [0.5, 0.6) is 46.5 Å². The monoisotopic (exact) mass is 1770 g/mol. The first-order valence-corrected chi connectivity index (χ1v) is 41.7. The normalized spacial score (nSPS) is 13.1. The number of piperazine rings is 1. The maximum Gasteiger partial charge on any atom is 0.328 e. The summed E-state index contributed by atoms with van der Waals surface area (Å²) in [6, 6.07) is 29.2. The van der Waals surface area contributed by atoms with Crippen molar-refractivity contribution in [3.8, 4) is 46.5 Å². The van der Waals surface area contributed by atoms with Crippen molar-refractivity contribution in [1.29, 1.82) is 0 Å². The van der Waals surface area contributed by atoms with Crippen molar-refractivity contribution in [2.75, 3.05) is 89.1 Å². The molecule has 16 aromatic heterocycles. The van der Waals surface area contributed by atoms with Gasteiger partial charge in [-0.1, -0.05) is 24.3 Å². The highest BCUT2D eigenvalue weighted by Gasteiger charge is 2.22. The number of hydrogen-bond acceptors (Lipinski definition) is 33. The summed E-state index contributed by atoms with van der Waals surface area (Å²) in [6.45, 7) is 17.5. The van der Waals surface area contributed by atoms with Crippen molar-refractivity contribution in [3.63, 3.8) is 0 Å². The molecule has 2 aliphatic rings. The Bertz CT molecular complexity index is 6780. The predicted octanol–water partition coefficient (Wildman–Crippen LogP) is 8.05. The summed E-state index contributed by atoms with van der Waals surface area (Å²) in [5.74, 6) is 6.90. The lowest BCUT2D eigenvalue weighted by Gasteiger charge is -2.32. The van der Waals surface area contributed by atoms with Gasteiger partial charge in [-0.2, -0.15) is 0 Å². The summed E-state index contributed by atoms with van der Waals surface area (Å²) >= 11 is 0. The van der Waals surface area contributed by atoms with Gasteiger partial charge in [-0.25, -0.2) is 87.8 Å². The number of rotatable bonds is 28. The minimum absolute atomic E-state index is 0.138. The summed E-state index contributed by atoms with van der Waals surface area (Å²) in [7, 11) is 2.15. The van der Waals surface area contributed by atoms with Gasteiger partial charge in [0.2, 0.25) is 29.9 Å². The van der Waals surface area contributed by atoms with E-state index in [1.54, 1.807) is 114 Å². The number of ether oxygens (including phenoxy) is 5. The van der Waals surface area contributed by atoms with Crippen LogP contribution in [0.25, 0.3) is 44.7 Å². The number of aryl methyl sites for hydroxylation is 6. The molecular weight excluding hydrogens is 1680 g/mol. The van der Waals surface area contributed by atoms with Crippen molar-refractivity contribution in [3.05, 3.63) is 257 Å². The predicted molar refractivity (Wildman–Crippen MR) is 478 cm³/mol. The smallest absolute Gasteiger partial charge is 0.328 e. The third-order valence-corrected chi connectivity index (χ3v) is 20.9. The molecule has 0 aliphatic carbocycles. The number of aromatic amines is 4. The topological polar surface area (TPSA) is 538 Å². The number of nitrogens with two attached hydrogens (primary N) is 4. The van der Waals surface area contributed by atoms with E-state index < -0.39 is 6.43 Å². The van der Waals surface area contributed by atoms with Crippen molar-refractivity contribution >= 4 is 67.9 Å². The fraction of sp³-hybridized carbons (Fsp3) is 0.310. The van der Waals surface area contributed by atoms with Crippen LogP contribution < -0.4 is 64.6 Å². The number of unbranched alkanes of at least 4 members (excludes halogenated alkanes) is 1. The molecule has 43 heteroatoms. The molecule has 2 fully saturated rings. The average Bonchev–Trinajstić information content (AvgIpc) is 1.65. The average molecular weight is 1770 g/mol. The molecule has 0 saturated carbocycles. The first-order valence-electron chi connectivity index (χ1n) is 41.7. The number of aliphatic hydroxyl groups excluding tert-OH is 1. The zero-order valence-electron chi connectivity index (χ0n) is 71.8. The summed E-state index contributed by atoms with van der Waals surface area (Å²) < 4.78 is 58.9. The van der Waals surface area contributed by atoms with E-state index in [1.165, 1.54) is 24.5 Å². The molecule has 0 radical (unpaired) electrons. The molecule has 672 valence electrons. The largest absolute Gasteiger partial charge is 0.437 e. The molecular formula is C87H95F2N31O10. The van der Waals surface area contributed by atoms with Gasteiger partial charge < -0.3 is 76.6 Å². The molecule has 0 bridgehead atoms. The molecule has 41 nitrogen and oxygen atoms in total. The van der Waals surface area contributed by atoms with E-state index in [0.29, 0.717) is 140 Å². The van der Waals surface area contributed by atoms with Crippen LogP contribution in [0.15, 0.2) is 166 Å². The molecule has 18 rings (SSSR count). The Morgan fingerprint density at radius 1 is 0.369 bits per heavy atom. The number of nitrogen functional groups attached to an aromatic ring is 4. The lowest BCUT2D eigenvalue weighted by Crippen LogP contribution is -2.43. The number of aromatic nitrogens is 24. The number of alkyl halides is 2. The van der Waals surface area contributed by atoms with Crippen molar-refractivity contribution in [1.82, 2.24) is 133 Å². The highest BCUT2D eigenvalue weighted by molar-refractivity contribution is 5.84. The van der Waals surface area contributed by atoms with Crippen LogP contribution in [0.1, 0.15) is 94.0 Å². The second-order valence-corrected chi connectivity index (χ2v) is 30.8. The number of anilines is 4.